The molecule has 3 heteroatoms. The van der Waals surface area contributed by atoms with Crippen LogP contribution in [0.15, 0.2) is 30.3 Å². The lowest BCUT2D eigenvalue weighted by molar-refractivity contribution is -0.0215. The Hall–Kier alpha value is -0.900. The minimum absolute atomic E-state index is 0.498. The van der Waals surface area contributed by atoms with Gasteiger partial charge in [0.25, 0.3) is 0 Å². The van der Waals surface area contributed by atoms with Crippen LogP contribution in [-0.4, -0.2) is 41.8 Å². The van der Waals surface area contributed by atoms with Crippen LogP contribution in [0.3, 0.4) is 0 Å². The zero-order valence-corrected chi connectivity index (χ0v) is 11.9. The third-order valence-electron chi connectivity index (χ3n) is 3.92. The molecule has 3 nitrogen and oxygen atoms in total. The first-order chi connectivity index (χ1) is 9.22. The summed E-state index contributed by atoms with van der Waals surface area (Å²) in [5.41, 5.74) is 0.861. The molecule has 19 heavy (non-hydrogen) atoms. The third-order valence-corrected chi connectivity index (χ3v) is 3.92. The molecule has 0 unspecified atom stereocenters. The smallest absolute Gasteiger partial charge is 0.0795 e. The molecule has 0 saturated carbocycles. The van der Waals surface area contributed by atoms with Gasteiger partial charge in [-0.1, -0.05) is 37.3 Å². The molecule has 1 heterocycles. The maximum atomic E-state index is 10.5. The van der Waals surface area contributed by atoms with Crippen LogP contribution in [0.25, 0.3) is 0 Å². The first-order valence-electron chi connectivity index (χ1n) is 7.41. The van der Waals surface area contributed by atoms with E-state index in [0.29, 0.717) is 0 Å². The largest absolute Gasteiger partial charge is 0.388 e. The Labute approximate surface area is 116 Å². The fourth-order valence-corrected chi connectivity index (χ4v) is 2.64. The van der Waals surface area contributed by atoms with Crippen LogP contribution >= 0.6 is 0 Å². The molecule has 1 aliphatic heterocycles. The van der Waals surface area contributed by atoms with Crippen molar-refractivity contribution in [3.63, 3.8) is 0 Å². The van der Waals surface area contributed by atoms with Crippen LogP contribution in [0.1, 0.15) is 31.7 Å². The van der Waals surface area contributed by atoms with Crippen LogP contribution < -0.4 is 5.32 Å². The van der Waals surface area contributed by atoms with E-state index in [0.717, 1.165) is 52.0 Å². The predicted molar refractivity (Wildman–Crippen MR) is 79.1 cm³/mol. The van der Waals surface area contributed by atoms with Gasteiger partial charge in [-0.25, -0.2) is 0 Å². The zero-order valence-electron chi connectivity index (χ0n) is 11.9. The molecular formula is C16H26N2O. The van der Waals surface area contributed by atoms with E-state index in [-0.39, 0.29) is 0 Å². The number of piperidine rings is 1. The number of nitrogens with zero attached hydrogens (tertiary/aromatic N) is 1. The highest BCUT2D eigenvalue weighted by atomic mass is 16.3. The van der Waals surface area contributed by atoms with Crippen LogP contribution in [0.2, 0.25) is 0 Å². The highest BCUT2D eigenvalue weighted by Gasteiger charge is 2.31. The molecule has 1 aromatic rings. The Morgan fingerprint density at radius 1 is 1.21 bits per heavy atom. The Kier molecular flexibility index (Phi) is 5.37. The van der Waals surface area contributed by atoms with E-state index in [1.165, 1.54) is 5.56 Å². The van der Waals surface area contributed by atoms with Gasteiger partial charge in [-0.05, 0) is 31.4 Å². The van der Waals surface area contributed by atoms with E-state index in [2.05, 4.69) is 47.5 Å². The molecule has 1 aromatic carbocycles. The third kappa shape index (κ3) is 4.60. The number of hydrogen-bond acceptors (Lipinski definition) is 3. The second kappa shape index (κ2) is 7.04. The van der Waals surface area contributed by atoms with E-state index in [4.69, 9.17) is 0 Å². The van der Waals surface area contributed by atoms with Crippen molar-refractivity contribution in [1.29, 1.82) is 0 Å². The van der Waals surface area contributed by atoms with Gasteiger partial charge in [0.1, 0.15) is 0 Å². The summed E-state index contributed by atoms with van der Waals surface area (Å²) < 4.78 is 0. The lowest BCUT2D eigenvalue weighted by atomic mass is 9.91. The molecule has 0 aliphatic carbocycles. The Bertz CT molecular complexity index is 358. The van der Waals surface area contributed by atoms with Crippen molar-refractivity contribution in [1.82, 2.24) is 10.2 Å². The number of aliphatic hydroxyl groups is 1. The number of benzene rings is 1. The Balaban J connectivity index is 1.75. The molecule has 0 aromatic heterocycles. The highest BCUT2D eigenvalue weighted by Crippen LogP contribution is 2.22. The minimum atomic E-state index is -0.498. The fourth-order valence-electron chi connectivity index (χ4n) is 2.64. The summed E-state index contributed by atoms with van der Waals surface area (Å²) in [5, 5.41) is 13.8. The minimum Gasteiger partial charge on any atom is -0.388 e. The van der Waals surface area contributed by atoms with Crippen molar-refractivity contribution < 1.29 is 5.11 Å². The molecule has 0 atom stereocenters. The molecular weight excluding hydrogens is 236 g/mol. The highest BCUT2D eigenvalue weighted by molar-refractivity contribution is 5.14. The van der Waals surface area contributed by atoms with Gasteiger partial charge in [0.15, 0.2) is 0 Å². The average Bonchev–Trinajstić information content (AvgIpc) is 2.43. The molecule has 106 valence electrons. The van der Waals surface area contributed by atoms with Crippen molar-refractivity contribution in [2.75, 3.05) is 26.2 Å². The second-order valence-corrected chi connectivity index (χ2v) is 5.66. The monoisotopic (exact) mass is 262 g/mol. The molecule has 2 rings (SSSR count). The molecule has 0 spiro atoms. The van der Waals surface area contributed by atoms with Crippen molar-refractivity contribution in [2.24, 2.45) is 0 Å². The predicted octanol–water partition coefficient (Wildman–Crippen LogP) is 2.01. The molecule has 1 fully saturated rings. The van der Waals surface area contributed by atoms with Crippen molar-refractivity contribution >= 4 is 0 Å². The molecule has 0 bridgehead atoms. The Morgan fingerprint density at radius 2 is 1.89 bits per heavy atom. The molecule has 1 saturated heterocycles. The van der Waals surface area contributed by atoms with Crippen LogP contribution in [0.4, 0.5) is 0 Å². The SMILES string of the molecule is CCCNCC1(O)CCN(Cc2ccccc2)CC1. The van der Waals surface area contributed by atoms with Crippen LogP contribution in [0, 0.1) is 0 Å². The first kappa shape index (κ1) is 14.5. The molecule has 1 aliphatic rings. The maximum absolute atomic E-state index is 10.5. The quantitative estimate of drug-likeness (QED) is 0.770. The van der Waals surface area contributed by atoms with E-state index in [1.807, 2.05) is 0 Å². The number of hydrogen-bond donors (Lipinski definition) is 2. The average molecular weight is 262 g/mol. The number of nitrogens with one attached hydrogen (secondary N) is 1. The van der Waals surface area contributed by atoms with Gasteiger partial charge in [-0.2, -0.15) is 0 Å². The summed E-state index contributed by atoms with van der Waals surface area (Å²) in [7, 11) is 0. The molecule has 2 N–H and O–H groups in total. The van der Waals surface area contributed by atoms with Gasteiger partial charge >= 0.3 is 0 Å². The lowest BCUT2D eigenvalue weighted by Gasteiger charge is -2.38. The molecule has 0 radical (unpaired) electrons. The van der Waals surface area contributed by atoms with Crippen molar-refractivity contribution in [3.05, 3.63) is 35.9 Å². The summed E-state index contributed by atoms with van der Waals surface area (Å²) in [5.74, 6) is 0. The van der Waals surface area contributed by atoms with Crippen molar-refractivity contribution in [2.45, 2.75) is 38.3 Å². The van der Waals surface area contributed by atoms with Crippen LogP contribution in [0.5, 0.6) is 0 Å². The van der Waals surface area contributed by atoms with Gasteiger partial charge in [0, 0.05) is 26.2 Å². The fraction of sp³-hybridized carbons (Fsp3) is 0.625. The van der Waals surface area contributed by atoms with E-state index in [9.17, 15) is 5.11 Å². The van der Waals surface area contributed by atoms with Gasteiger partial charge < -0.3 is 10.4 Å². The summed E-state index contributed by atoms with van der Waals surface area (Å²) in [6, 6.07) is 10.6. The van der Waals surface area contributed by atoms with Gasteiger partial charge in [0.2, 0.25) is 0 Å². The van der Waals surface area contributed by atoms with Crippen molar-refractivity contribution in [3.8, 4) is 0 Å². The standard InChI is InChI=1S/C16H26N2O/c1-2-10-17-14-16(19)8-11-18(12-9-16)13-15-6-4-3-5-7-15/h3-7,17,19H,2,8-14H2,1H3. The first-order valence-corrected chi connectivity index (χ1v) is 7.41. The normalized spacial score (nSPS) is 19.5. The van der Waals surface area contributed by atoms with Gasteiger partial charge in [-0.15, -0.1) is 0 Å². The van der Waals surface area contributed by atoms with E-state index < -0.39 is 5.60 Å². The van der Waals surface area contributed by atoms with E-state index >= 15 is 0 Å². The Morgan fingerprint density at radius 3 is 2.53 bits per heavy atom. The lowest BCUT2D eigenvalue weighted by Crippen LogP contribution is -2.49. The zero-order chi connectivity index (χ0) is 13.6. The topological polar surface area (TPSA) is 35.5 Å². The number of rotatable bonds is 6. The summed E-state index contributed by atoms with van der Waals surface area (Å²) in [6.45, 7) is 6.85. The summed E-state index contributed by atoms with van der Waals surface area (Å²) >= 11 is 0. The summed E-state index contributed by atoms with van der Waals surface area (Å²) in [4.78, 5) is 2.43. The summed E-state index contributed by atoms with van der Waals surface area (Å²) in [6.07, 6.45) is 2.86. The molecule has 0 amide bonds. The van der Waals surface area contributed by atoms with Crippen LogP contribution in [-0.2, 0) is 6.54 Å². The van der Waals surface area contributed by atoms with E-state index in [1.54, 1.807) is 0 Å². The van der Waals surface area contributed by atoms with Gasteiger partial charge in [-0.3, -0.25) is 4.90 Å². The second-order valence-electron chi connectivity index (χ2n) is 5.66. The number of likely N-dealkylation sites (tertiary alicyclic amines) is 1. The maximum Gasteiger partial charge on any atom is 0.0795 e. The van der Waals surface area contributed by atoms with Gasteiger partial charge in [0.05, 0.1) is 5.60 Å².